The van der Waals surface area contributed by atoms with Crippen LogP contribution in [-0.4, -0.2) is 64.6 Å². The van der Waals surface area contributed by atoms with E-state index in [1.807, 2.05) is 46.0 Å². The van der Waals surface area contributed by atoms with Gasteiger partial charge in [-0.1, -0.05) is 29.8 Å². The highest BCUT2D eigenvalue weighted by Crippen LogP contribution is 2.31. The summed E-state index contributed by atoms with van der Waals surface area (Å²) in [6.07, 6.45) is 3.76. The van der Waals surface area contributed by atoms with Crippen LogP contribution in [0.5, 0.6) is 0 Å². The van der Waals surface area contributed by atoms with Crippen molar-refractivity contribution in [2.45, 2.75) is 6.54 Å². The molecule has 0 unspecified atom stereocenters. The fourth-order valence-corrected chi connectivity index (χ4v) is 4.71. The van der Waals surface area contributed by atoms with Gasteiger partial charge in [-0.3, -0.25) is 14.5 Å². The average Bonchev–Trinajstić information content (AvgIpc) is 3.30. The van der Waals surface area contributed by atoms with Gasteiger partial charge in [0.1, 0.15) is 12.2 Å². The molecule has 1 aromatic heterocycles. The molecule has 0 bridgehead atoms. The molecule has 2 aliphatic heterocycles. The Balaban J connectivity index is 1.49. The quantitative estimate of drug-likeness (QED) is 0.408. The second-order valence-electron chi connectivity index (χ2n) is 8.21. The predicted molar refractivity (Wildman–Crippen MR) is 137 cm³/mol. The molecular weight excluding hydrogens is 472 g/mol. The third-order valence-electron chi connectivity index (χ3n) is 6.13. The molecule has 0 radical (unpaired) electrons. The molecule has 174 valence electrons. The van der Waals surface area contributed by atoms with Gasteiger partial charge >= 0.3 is 0 Å². The minimum absolute atomic E-state index is 0.0485. The smallest absolute Gasteiger partial charge is 0.281 e. The molecule has 34 heavy (non-hydrogen) atoms. The number of fused-ring (bicyclic) bond motifs is 1. The SMILES string of the molecule is CN1C(=S)N(c2ccc(Cl)cc2)C(=O)C1=Cc1cn(CC(=O)N2CCOCC2)c2ccccc12. The first-order chi connectivity index (χ1) is 16.4. The molecule has 3 aromatic rings. The standard InChI is InChI=1S/C25H23ClN4O3S/c1-27-22(24(32)30(25(27)34)19-8-6-18(26)7-9-19)14-17-15-29(21-5-3-2-4-20(17)21)16-23(31)28-10-12-33-13-11-28/h2-9,14-15H,10-13,16H2,1H3. The number of hydrogen-bond donors (Lipinski definition) is 0. The first kappa shape index (κ1) is 22.6. The van der Waals surface area contributed by atoms with E-state index in [0.29, 0.717) is 47.8 Å². The molecule has 2 aromatic carbocycles. The summed E-state index contributed by atoms with van der Waals surface area (Å²) in [5.74, 6) is -0.163. The summed E-state index contributed by atoms with van der Waals surface area (Å²) < 4.78 is 7.30. The summed E-state index contributed by atoms with van der Waals surface area (Å²) in [6.45, 7) is 2.56. The number of benzene rings is 2. The lowest BCUT2D eigenvalue weighted by atomic mass is 10.1. The van der Waals surface area contributed by atoms with Crippen molar-refractivity contribution in [2.24, 2.45) is 0 Å². The highest BCUT2D eigenvalue weighted by molar-refractivity contribution is 7.80. The number of thiocarbonyl (C=S) groups is 1. The van der Waals surface area contributed by atoms with E-state index in [4.69, 9.17) is 28.6 Å². The highest BCUT2D eigenvalue weighted by atomic mass is 35.5. The maximum absolute atomic E-state index is 13.4. The van der Waals surface area contributed by atoms with Gasteiger partial charge in [-0.05, 0) is 48.6 Å². The molecular formula is C25H23ClN4O3S. The largest absolute Gasteiger partial charge is 0.378 e. The van der Waals surface area contributed by atoms with Crippen molar-refractivity contribution in [1.82, 2.24) is 14.4 Å². The molecule has 0 atom stereocenters. The van der Waals surface area contributed by atoms with Crippen molar-refractivity contribution < 1.29 is 14.3 Å². The molecule has 2 fully saturated rings. The first-order valence-electron chi connectivity index (χ1n) is 11.0. The van der Waals surface area contributed by atoms with Crippen LogP contribution in [0, 0.1) is 0 Å². The van der Waals surface area contributed by atoms with Crippen LogP contribution in [0.25, 0.3) is 17.0 Å². The van der Waals surface area contributed by atoms with Crippen molar-refractivity contribution >= 4 is 63.4 Å². The Labute approximate surface area is 207 Å². The van der Waals surface area contributed by atoms with Gasteiger partial charge in [0.2, 0.25) is 5.91 Å². The van der Waals surface area contributed by atoms with Crippen LogP contribution >= 0.6 is 23.8 Å². The van der Waals surface area contributed by atoms with Crippen LogP contribution in [0.15, 0.2) is 60.4 Å². The Kier molecular flexibility index (Phi) is 6.12. The topological polar surface area (TPSA) is 58.0 Å². The predicted octanol–water partition coefficient (Wildman–Crippen LogP) is 3.76. The van der Waals surface area contributed by atoms with Gasteiger partial charge in [0.15, 0.2) is 5.11 Å². The molecule has 3 heterocycles. The number of amides is 2. The van der Waals surface area contributed by atoms with Crippen molar-refractivity contribution in [2.75, 3.05) is 38.3 Å². The number of aromatic nitrogens is 1. The lowest BCUT2D eigenvalue weighted by molar-refractivity contribution is -0.135. The number of rotatable bonds is 4. The summed E-state index contributed by atoms with van der Waals surface area (Å²) in [4.78, 5) is 31.3. The number of anilines is 1. The van der Waals surface area contributed by atoms with E-state index < -0.39 is 0 Å². The molecule has 2 amide bonds. The number of likely N-dealkylation sites (N-methyl/N-ethyl adjacent to an activating group) is 1. The summed E-state index contributed by atoms with van der Waals surface area (Å²) in [5.41, 5.74) is 2.90. The molecule has 0 saturated carbocycles. The number of hydrogen-bond acceptors (Lipinski definition) is 4. The van der Waals surface area contributed by atoms with Crippen LogP contribution in [0.2, 0.25) is 5.02 Å². The minimum atomic E-state index is -0.212. The molecule has 9 heteroatoms. The Morgan fingerprint density at radius 1 is 1.12 bits per heavy atom. The normalized spacial score (nSPS) is 17.9. The number of morpholine rings is 1. The van der Waals surface area contributed by atoms with Crippen molar-refractivity contribution in [3.63, 3.8) is 0 Å². The van der Waals surface area contributed by atoms with Gasteiger partial charge in [-0.15, -0.1) is 0 Å². The second kappa shape index (κ2) is 9.21. The summed E-state index contributed by atoms with van der Waals surface area (Å²) in [5, 5.41) is 1.94. The van der Waals surface area contributed by atoms with Gasteiger partial charge < -0.3 is 19.1 Å². The average molecular weight is 495 g/mol. The number of halogens is 1. The zero-order valence-corrected chi connectivity index (χ0v) is 20.2. The van der Waals surface area contributed by atoms with E-state index in [2.05, 4.69) is 0 Å². The van der Waals surface area contributed by atoms with Crippen molar-refractivity contribution in [3.8, 4) is 0 Å². The molecule has 7 nitrogen and oxygen atoms in total. The van der Waals surface area contributed by atoms with Gasteiger partial charge in [-0.2, -0.15) is 0 Å². The molecule has 2 saturated heterocycles. The Hall–Kier alpha value is -3.20. The zero-order valence-electron chi connectivity index (χ0n) is 18.6. The van der Waals surface area contributed by atoms with E-state index in [9.17, 15) is 9.59 Å². The number of carbonyl (C=O) groups excluding carboxylic acids is 2. The minimum Gasteiger partial charge on any atom is -0.378 e. The number of para-hydroxylation sites is 1. The molecule has 2 aliphatic rings. The van der Waals surface area contributed by atoms with Gasteiger partial charge in [-0.25, -0.2) is 0 Å². The molecule has 0 aliphatic carbocycles. The Morgan fingerprint density at radius 2 is 1.82 bits per heavy atom. The lowest BCUT2D eigenvalue weighted by Gasteiger charge is -2.27. The number of nitrogens with zero attached hydrogens (tertiary/aromatic N) is 4. The van der Waals surface area contributed by atoms with Crippen LogP contribution in [-0.2, 0) is 20.9 Å². The van der Waals surface area contributed by atoms with E-state index in [0.717, 1.165) is 16.5 Å². The third kappa shape index (κ3) is 4.09. The Bertz CT molecular complexity index is 1310. The summed E-state index contributed by atoms with van der Waals surface area (Å²) in [7, 11) is 1.78. The van der Waals surface area contributed by atoms with E-state index in [1.54, 1.807) is 36.2 Å². The zero-order chi connectivity index (χ0) is 23.8. The Morgan fingerprint density at radius 3 is 2.56 bits per heavy atom. The third-order valence-corrected chi connectivity index (χ3v) is 6.84. The molecule has 0 N–H and O–H groups in total. The highest BCUT2D eigenvalue weighted by Gasteiger charge is 2.37. The molecule has 0 spiro atoms. The van der Waals surface area contributed by atoms with E-state index >= 15 is 0 Å². The fourth-order valence-electron chi connectivity index (χ4n) is 4.30. The van der Waals surface area contributed by atoms with Gasteiger partial charge in [0.05, 0.1) is 18.9 Å². The number of ether oxygens (including phenoxy) is 1. The summed E-state index contributed by atoms with van der Waals surface area (Å²) >= 11 is 11.6. The second-order valence-corrected chi connectivity index (χ2v) is 9.01. The van der Waals surface area contributed by atoms with E-state index in [-0.39, 0.29) is 18.4 Å². The number of carbonyl (C=O) groups is 2. The van der Waals surface area contributed by atoms with Crippen molar-refractivity contribution in [3.05, 3.63) is 71.0 Å². The fraction of sp³-hybridized carbons (Fsp3) is 0.240. The summed E-state index contributed by atoms with van der Waals surface area (Å²) in [6, 6.07) is 14.9. The maximum Gasteiger partial charge on any atom is 0.281 e. The van der Waals surface area contributed by atoms with Crippen LogP contribution in [0.3, 0.4) is 0 Å². The van der Waals surface area contributed by atoms with Gasteiger partial charge in [0.25, 0.3) is 5.91 Å². The van der Waals surface area contributed by atoms with Crippen LogP contribution < -0.4 is 4.90 Å². The first-order valence-corrected chi connectivity index (χ1v) is 11.8. The monoisotopic (exact) mass is 494 g/mol. The lowest BCUT2D eigenvalue weighted by Crippen LogP contribution is -2.42. The van der Waals surface area contributed by atoms with Crippen LogP contribution in [0.4, 0.5) is 5.69 Å². The molecule has 5 rings (SSSR count). The van der Waals surface area contributed by atoms with Crippen molar-refractivity contribution in [1.29, 1.82) is 0 Å². The van der Waals surface area contributed by atoms with E-state index in [1.165, 1.54) is 4.90 Å². The van der Waals surface area contributed by atoms with Gasteiger partial charge in [0, 0.05) is 47.8 Å². The maximum atomic E-state index is 13.4. The van der Waals surface area contributed by atoms with Crippen LogP contribution in [0.1, 0.15) is 5.56 Å².